The Morgan fingerprint density at radius 1 is 0.967 bits per heavy atom. The molecular weight excluding hydrogens is 382 g/mol. The van der Waals surface area contributed by atoms with Crippen molar-refractivity contribution in [3.63, 3.8) is 0 Å². The molecule has 0 bridgehead atoms. The Bertz CT molecular complexity index is 1160. The Hall–Kier alpha value is -3.78. The van der Waals surface area contributed by atoms with Crippen LogP contribution in [0.5, 0.6) is 0 Å². The third-order valence-electron chi connectivity index (χ3n) is 4.54. The zero-order valence-electron chi connectivity index (χ0n) is 16.5. The number of fused-ring (bicyclic) bond motifs is 1. The minimum Gasteiger partial charge on any atom is -0.463 e. The summed E-state index contributed by atoms with van der Waals surface area (Å²) in [6.45, 7) is 1.88. The molecule has 0 fully saturated rings. The summed E-state index contributed by atoms with van der Waals surface area (Å²) in [5.74, 6) is -0.00119. The smallest absolute Gasteiger partial charge is 0.302 e. The van der Waals surface area contributed by atoms with Gasteiger partial charge in [-0.05, 0) is 5.56 Å². The van der Waals surface area contributed by atoms with Crippen LogP contribution in [0.1, 0.15) is 6.92 Å². The van der Waals surface area contributed by atoms with Crippen molar-refractivity contribution >= 4 is 22.8 Å². The van der Waals surface area contributed by atoms with E-state index in [1.54, 1.807) is 4.68 Å². The average Bonchev–Trinajstić information content (AvgIpc) is 3.09. The van der Waals surface area contributed by atoms with Crippen molar-refractivity contribution in [1.82, 2.24) is 20.0 Å². The van der Waals surface area contributed by atoms with E-state index >= 15 is 0 Å². The van der Waals surface area contributed by atoms with Crippen LogP contribution in [0.2, 0.25) is 0 Å². The van der Waals surface area contributed by atoms with Crippen LogP contribution < -0.4 is 5.73 Å². The molecule has 4 aromatic rings. The van der Waals surface area contributed by atoms with Gasteiger partial charge in [0.15, 0.2) is 11.5 Å². The highest BCUT2D eigenvalue weighted by Crippen LogP contribution is 2.37. The number of aromatic nitrogens is 4. The molecule has 0 atom stereocenters. The van der Waals surface area contributed by atoms with E-state index in [1.807, 2.05) is 60.7 Å². The Kier molecular flexibility index (Phi) is 5.67. The minimum atomic E-state index is -0.348. The molecule has 4 rings (SSSR count). The molecule has 2 aromatic carbocycles. The fourth-order valence-corrected chi connectivity index (χ4v) is 3.25. The summed E-state index contributed by atoms with van der Waals surface area (Å²) in [6.07, 6.45) is 0. The Labute approximate surface area is 173 Å². The van der Waals surface area contributed by atoms with Gasteiger partial charge in [-0.3, -0.25) is 4.79 Å². The number of rotatable bonds is 7. The van der Waals surface area contributed by atoms with Gasteiger partial charge < -0.3 is 15.2 Å². The van der Waals surface area contributed by atoms with Gasteiger partial charge >= 0.3 is 5.97 Å². The number of nitrogen functional groups attached to an aromatic ring is 1. The maximum atomic E-state index is 10.8. The maximum absolute atomic E-state index is 10.8. The van der Waals surface area contributed by atoms with Crippen LogP contribution in [0.4, 0.5) is 5.82 Å². The first-order valence-corrected chi connectivity index (χ1v) is 9.49. The number of anilines is 1. The number of ether oxygens (including phenoxy) is 2. The lowest BCUT2D eigenvalue weighted by Gasteiger charge is -2.11. The average molecular weight is 403 g/mol. The predicted octanol–water partition coefficient (Wildman–Crippen LogP) is 3.28. The fourth-order valence-electron chi connectivity index (χ4n) is 3.25. The Morgan fingerprint density at radius 2 is 1.63 bits per heavy atom. The van der Waals surface area contributed by atoms with Gasteiger partial charge in [-0.2, -0.15) is 5.10 Å². The molecule has 2 N–H and O–H groups in total. The molecule has 8 heteroatoms. The molecule has 30 heavy (non-hydrogen) atoms. The number of carbonyl (C=O) groups is 1. The van der Waals surface area contributed by atoms with Crippen molar-refractivity contribution < 1.29 is 14.3 Å². The second kappa shape index (κ2) is 8.71. The summed E-state index contributed by atoms with van der Waals surface area (Å²) in [7, 11) is 0. The van der Waals surface area contributed by atoms with Crippen molar-refractivity contribution in [3.05, 3.63) is 60.7 Å². The van der Waals surface area contributed by atoms with E-state index in [-0.39, 0.29) is 25.9 Å². The highest BCUT2D eigenvalue weighted by Gasteiger charge is 2.21. The maximum Gasteiger partial charge on any atom is 0.302 e. The standard InChI is InChI=1S/C22H21N5O3/c1-15(28)30-13-12-29-14-27-22-19(21(23)26-27)18(16-8-4-2-5-9-16)20(24-25-22)17-10-6-3-7-11-17/h2-11H,12-14H2,1H3,(H2,23,26). The molecule has 8 nitrogen and oxygen atoms in total. The van der Waals surface area contributed by atoms with Crippen LogP contribution in [0.25, 0.3) is 33.4 Å². The Morgan fingerprint density at radius 3 is 2.30 bits per heavy atom. The molecule has 0 radical (unpaired) electrons. The monoisotopic (exact) mass is 403 g/mol. The van der Waals surface area contributed by atoms with Crippen LogP contribution in [0.3, 0.4) is 0 Å². The molecular formula is C22H21N5O3. The van der Waals surface area contributed by atoms with Gasteiger partial charge in [0.2, 0.25) is 0 Å². The van der Waals surface area contributed by atoms with Gasteiger partial charge in [-0.15, -0.1) is 10.2 Å². The second-order valence-corrected chi connectivity index (χ2v) is 6.62. The molecule has 0 aliphatic carbocycles. The van der Waals surface area contributed by atoms with E-state index in [1.165, 1.54) is 6.92 Å². The van der Waals surface area contributed by atoms with E-state index in [2.05, 4.69) is 15.3 Å². The summed E-state index contributed by atoms with van der Waals surface area (Å²) in [5.41, 5.74) is 10.3. The molecule has 0 aliphatic heterocycles. The summed E-state index contributed by atoms with van der Waals surface area (Å²) in [4.78, 5) is 10.8. The molecule has 152 valence electrons. The van der Waals surface area contributed by atoms with Crippen LogP contribution in [-0.4, -0.2) is 39.2 Å². The van der Waals surface area contributed by atoms with E-state index in [0.29, 0.717) is 11.5 Å². The van der Waals surface area contributed by atoms with Crippen molar-refractivity contribution in [1.29, 1.82) is 0 Å². The summed E-state index contributed by atoms with van der Waals surface area (Å²) < 4.78 is 12.0. The van der Waals surface area contributed by atoms with E-state index in [0.717, 1.165) is 27.8 Å². The quantitative estimate of drug-likeness (QED) is 0.373. The first-order valence-electron chi connectivity index (χ1n) is 9.49. The molecule has 0 aliphatic rings. The fraction of sp³-hybridized carbons (Fsp3) is 0.182. The van der Waals surface area contributed by atoms with E-state index in [9.17, 15) is 4.79 Å². The lowest BCUT2D eigenvalue weighted by molar-refractivity contribution is -0.142. The normalized spacial score (nSPS) is 11.0. The zero-order valence-corrected chi connectivity index (χ0v) is 16.5. The van der Waals surface area contributed by atoms with Crippen LogP contribution in [0.15, 0.2) is 60.7 Å². The van der Waals surface area contributed by atoms with Gasteiger partial charge in [0.05, 0.1) is 12.0 Å². The van der Waals surface area contributed by atoms with Crippen molar-refractivity contribution in [2.24, 2.45) is 0 Å². The number of benzene rings is 2. The van der Waals surface area contributed by atoms with E-state index < -0.39 is 0 Å². The first kappa shape index (κ1) is 19.5. The summed E-state index contributed by atoms with van der Waals surface area (Å²) in [6, 6.07) is 19.8. The van der Waals surface area contributed by atoms with Gasteiger partial charge in [-0.25, -0.2) is 4.68 Å². The molecule has 0 saturated heterocycles. The number of esters is 1. The third-order valence-corrected chi connectivity index (χ3v) is 4.54. The van der Waals surface area contributed by atoms with Crippen LogP contribution >= 0.6 is 0 Å². The van der Waals surface area contributed by atoms with Crippen molar-refractivity contribution in [2.45, 2.75) is 13.7 Å². The highest BCUT2D eigenvalue weighted by atomic mass is 16.6. The van der Waals surface area contributed by atoms with Crippen molar-refractivity contribution in [2.75, 3.05) is 18.9 Å². The summed E-state index contributed by atoms with van der Waals surface area (Å²) >= 11 is 0. The lowest BCUT2D eigenvalue weighted by Crippen LogP contribution is -2.11. The number of nitrogens with zero attached hydrogens (tertiary/aromatic N) is 4. The zero-order chi connectivity index (χ0) is 20.9. The largest absolute Gasteiger partial charge is 0.463 e. The Balaban J connectivity index is 1.76. The lowest BCUT2D eigenvalue weighted by atomic mass is 9.97. The highest BCUT2D eigenvalue weighted by molar-refractivity contribution is 6.05. The van der Waals surface area contributed by atoms with Crippen molar-refractivity contribution in [3.8, 4) is 22.4 Å². The molecule has 2 heterocycles. The van der Waals surface area contributed by atoms with Crippen LogP contribution in [-0.2, 0) is 21.0 Å². The molecule has 0 spiro atoms. The number of carbonyl (C=O) groups excluding carboxylic acids is 1. The molecule has 0 amide bonds. The molecule has 0 saturated carbocycles. The third kappa shape index (κ3) is 3.99. The van der Waals surface area contributed by atoms with Gasteiger partial charge in [0.1, 0.15) is 19.0 Å². The minimum absolute atomic E-state index is 0.114. The van der Waals surface area contributed by atoms with Gasteiger partial charge in [0, 0.05) is 18.1 Å². The van der Waals surface area contributed by atoms with E-state index in [4.69, 9.17) is 15.2 Å². The number of hydrogen-bond donors (Lipinski definition) is 1. The predicted molar refractivity (Wildman–Crippen MR) is 113 cm³/mol. The second-order valence-electron chi connectivity index (χ2n) is 6.62. The molecule has 0 unspecified atom stereocenters. The number of hydrogen-bond acceptors (Lipinski definition) is 7. The van der Waals surface area contributed by atoms with Gasteiger partial charge in [-0.1, -0.05) is 60.7 Å². The SMILES string of the molecule is CC(=O)OCCOCn1nc(N)c2c(-c3ccccc3)c(-c3ccccc3)nnc21. The summed E-state index contributed by atoms with van der Waals surface area (Å²) in [5, 5.41) is 14.0. The molecule has 2 aromatic heterocycles. The topological polar surface area (TPSA) is 105 Å². The van der Waals surface area contributed by atoms with Gasteiger partial charge in [0.25, 0.3) is 0 Å². The number of nitrogens with two attached hydrogens (primary N) is 1. The van der Waals surface area contributed by atoms with Crippen LogP contribution in [0, 0.1) is 0 Å². The first-order chi connectivity index (χ1) is 14.6.